The van der Waals surface area contributed by atoms with Crippen molar-refractivity contribution < 1.29 is 9.59 Å². The smallest absolute Gasteiger partial charge is 0.267 e. The lowest BCUT2D eigenvalue weighted by Crippen LogP contribution is -2.44. The van der Waals surface area contributed by atoms with Gasteiger partial charge in [0.15, 0.2) is 4.32 Å². The third kappa shape index (κ3) is 3.68. The normalized spacial score (nSPS) is 15.2. The van der Waals surface area contributed by atoms with Crippen LogP contribution in [0.25, 0.3) is 27.6 Å². The molecule has 0 saturated carbocycles. The van der Waals surface area contributed by atoms with Gasteiger partial charge in [0.25, 0.3) is 11.8 Å². The van der Waals surface area contributed by atoms with Gasteiger partial charge in [0, 0.05) is 5.56 Å². The van der Waals surface area contributed by atoms with Gasteiger partial charge in [0.05, 0.1) is 4.91 Å². The second-order valence-electron chi connectivity index (χ2n) is 7.56. The molecule has 0 spiro atoms. The zero-order chi connectivity index (χ0) is 22.2. The van der Waals surface area contributed by atoms with Crippen molar-refractivity contribution in [2.45, 2.75) is 6.92 Å². The predicted octanol–water partition coefficient (Wildman–Crippen LogP) is 5.85. The SMILES string of the molecule is Cc1ccc(C(=O)NN2C(=O)/C(=C/c3c4ccccc4cc4ccccc34)SC2=S)cc1. The Hall–Kier alpha value is -3.48. The Bertz CT molecular complexity index is 1390. The van der Waals surface area contributed by atoms with Gasteiger partial charge in [-0.25, -0.2) is 0 Å². The van der Waals surface area contributed by atoms with Crippen molar-refractivity contribution in [3.05, 3.63) is 100 Å². The maximum Gasteiger partial charge on any atom is 0.285 e. The number of aryl methyl sites for hydroxylation is 1. The molecule has 1 aliphatic rings. The van der Waals surface area contributed by atoms with Gasteiger partial charge in [-0.05, 0) is 70.5 Å². The molecule has 1 aliphatic heterocycles. The molecule has 0 bridgehead atoms. The van der Waals surface area contributed by atoms with Gasteiger partial charge in [0.2, 0.25) is 0 Å². The van der Waals surface area contributed by atoms with E-state index >= 15 is 0 Å². The fourth-order valence-electron chi connectivity index (χ4n) is 3.77. The summed E-state index contributed by atoms with van der Waals surface area (Å²) >= 11 is 6.59. The van der Waals surface area contributed by atoms with Gasteiger partial charge in [-0.15, -0.1) is 0 Å². The monoisotopic (exact) mass is 454 g/mol. The molecule has 6 heteroatoms. The Kier molecular flexibility index (Phi) is 5.25. The van der Waals surface area contributed by atoms with Crippen LogP contribution < -0.4 is 5.43 Å². The average Bonchev–Trinajstić information content (AvgIpc) is 3.06. The van der Waals surface area contributed by atoms with Crippen LogP contribution in [0.1, 0.15) is 21.5 Å². The number of carbonyl (C=O) groups is 2. The van der Waals surface area contributed by atoms with E-state index in [1.54, 1.807) is 12.1 Å². The van der Waals surface area contributed by atoms with Crippen LogP contribution in [0.15, 0.2) is 83.8 Å². The predicted molar refractivity (Wildman–Crippen MR) is 135 cm³/mol. The number of thiocarbonyl (C=S) groups is 1. The standard InChI is InChI=1S/C26H18N2O2S2/c1-16-10-12-17(13-11-16)24(29)27-28-25(30)23(32-26(28)31)15-22-20-8-4-2-6-18(20)14-19-7-3-5-9-21(19)22/h2-15H,1H3,(H,27,29)/b23-15-. The van der Waals surface area contributed by atoms with Gasteiger partial charge < -0.3 is 0 Å². The summed E-state index contributed by atoms with van der Waals surface area (Å²) in [7, 11) is 0. The number of hydrazine groups is 1. The molecule has 1 N–H and O–H groups in total. The molecule has 0 aromatic heterocycles. The minimum atomic E-state index is -0.377. The minimum Gasteiger partial charge on any atom is -0.267 e. The van der Waals surface area contributed by atoms with Gasteiger partial charge in [-0.3, -0.25) is 15.0 Å². The molecule has 4 aromatic carbocycles. The first-order valence-corrected chi connectivity index (χ1v) is 11.3. The van der Waals surface area contributed by atoms with E-state index in [0.29, 0.717) is 14.8 Å². The molecule has 1 saturated heterocycles. The number of fused-ring (bicyclic) bond motifs is 2. The average molecular weight is 455 g/mol. The molecule has 156 valence electrons. The molecule has 2 amide bonds. The van der Waals surface area contributed by atoms with E-state index in [9.17, 15) is 9.59 Å². The summed E-state index contributed by atoms with van der Waals surface area (Å²) in [6, 6.07) is 25.5. The van der Waals surface area contributed by atoms with Crippen molar-refractivity contribution in [3.8, 4) is 0 Å². The van der Waals surface area contributed by atoms with Gasteiger partial charge in [0.1, 0.15) is 0 Å². The van der Waals surface area contributed by atoms with E-state index < -0.39 is 0 Å². The van der Waals surface area contributed by atoms with E-state index in [-0.39, 0.29) is 11.8 Å². The quantitative estimate of drug-likeness (QED) is 0.240. The van der Waals surface area contributed by atoms with Crippen molar-refractivity contribution in [2.75, 3.05) is 0 Å². The molecular weight excluding hydrogens is 436 g/mol. The number of hydrogen-bond acceptors (Lipinski definition) is 4. The van der Waals surface area contributed by atoms with Gasteiger partial charge >= 0.3 is 0 Å². The van der Waals surface area contributed by atoms with E-state index in [1.165, 1.54) is 11.8 Å². The lowest BCUT2D eigenvalue weighted by atomic mass is 9.96. The molecule has 1 fully saturated rings. The Morgan fingerprint density at radius 1 is 0.938 bits per heavy atom. The molecule has 5 rings (SSSR count). The first-order valence-electron chi connectivity index (χ1n) is 10.1. The number of carbonyl (C=O) groups excluding carboxylic acids is 2. The summed E-state index contributed by atoms with van der Waals surface area (Å²) in [5, 5.41) is 5.46. The Labute approximate surface area is 194 Å². The highest BCUT2D eigenvalue weighted by atomic mass is 32.2. The molecule has 0 unspecified atom stereocenters. The topological polar surface area (TPSA) is 49.4 Å². The Balaban J connectivity index is 1.52. The number of nitrogens with zero attached hydrogens (tertiary/aromatic N) is 1. The molecule has 1 heterocycles. The van der Waals surface area contributed by atoms with Crippen molar-refractivity contribution in [1.82, 2.24) is 10.4 Å². The van der Waals surface area contributed by atoms with E-state index in [4.69, 9.17) is 12.2 Å². The Morgan fingerprint density at radius 2 is 1.53 bits per heavy atom. The summed E-state index contributed by atoms with van der Waals surface area (Å²) in [4.78, 5) is 26.2. The lowest BCUT2D eigenvalue weighted by Gasteiger charge is -2.15. The summed E-state index contributed by atoms with van der Waals surface area (Å²) in [5.41, 5.74) is 5.13. The van der Waals surface area contributed by atoms with Gasteiger partial charge in [-0.1, -0.05) is 78.0 Å². The zero-order valence-electron chi connectivity index (χ0n) is 17.2. The van der Waals surface area contributed by atoms with E-state index in [0.717, 1.165) is 37.7 Å². The third-order valence-corrected chi connectivity index (χ3v) is 6.71. The Morgan fingerprint density at radius 3 is 2.16 bits per heavy atom. The number of amides is 2. The maximum atomic E-state index is 13.1. The molecule has 4 nitrogen and oxygen atoms in total. The van der Waals surface area contributed by atoms with Crippen LogP contribution in [0, 0.1) is 6.92 Å². The number of thioether (sulfide) groups is 1. The zero-order valence-corrected chi connectivity index (χ0v) is 18.8. The van der Waals surface area contributed by atoms with Crippen molar-refractivity contribution in [2.24, 2.45) is 0 Å². The highest BCUT2D eigenvalue weighted by molar-refractivity contribution is 8.26. The van der Waals surface area contributed by atoms with Crippen LogP contribution in [0.2, 0.25) is 0 Å². The maximum absolute atomic E-state index is 13.1. The number of benzene rings is 4. The molecule has 4 aromatic rings. The molecular formula is C26H18N2O2S2. The number of nitrogens with one attached hydrogen (secondary N) is 1. The summed E-state index contributed by atoms with van der Waals surface area (Å²) in [5.74, 6) is -0.712. The van der Waals surface area contributed by atoms with Crippen LogP contribution in [0.4, 0.5) is 0 Å². The number of hydrogen-bond donors (Lipinski definition) is 1. The first kappa shape index (κ1) is 20.4. The van der Waals surface area contributed by atoms with Crippen molar-refractivity contribution in [3.63, 3.8) is 0 Å². The first-order chi connectivity index (χ1) is 15.5. The lowest BCUT2D eigenvalue weighted by molar-refractivity contribution is -0.123. The second kappa shape index (κ2) is 8.22. The fourth-order valence-corrected chi connectivity index (χ4v) is 4.93. The van der Waals surface area contributed by atoms with E-state index in [1.807, 2.05) is 61.5 Å². The molecule has 0 aliphatic carbocycles. The highest BCUT2D eigenvalue weighted by Crippen LogP contribution is 2.36. The molecule has 32 heavy (non-hydrogen) atoms. The summed E-state index contributed by atoms with van der Waals surface area (Å²) in [6.45, 7) is 1.95. The summed E-state index contributed by atoms with van der Waals surface area (Å²) in [6.07, 6.45) is 1.88. The number of rotatable bonds is 3. The second-order valence-corrected chi connectivity index (χ2v) is 9.23. The summed E-state index contributed by atoms with van der Waals surface area (Å²) < 4.78 is 0.297. The van der Waals surface area contributed by atoms with Crippen molar-refractivity contribution in [1.29, 1.82) is 0 Å². The minimum absolute atomic E-state index is 0.297. The van der Waals surface area contributed by atoms with Crippen molar-refractivity contribution >= 4 is 67.7 Å². The van der Waals surface area contributed by atoms with Crippen LogP contribution in [0.5, 0.6) is 0 Å². The van der Waals surface area contributed by atoms with Crippen LogP contribution in [0.3, 0.4) is 0 Å². The van der Waals surface area contributed by atoms with Crippen LogP contribution in [-0.4, -0.2) is 21.1 Å². The van der Waals surface area contributed by atoms with Gasteiger partial charge in [-0.2, -0.15) is 5.01 Å². The molecule has 0 atom stereocenters. The molecule has 0 radical (unpaired) electrons. The highest BCUT2D eigenvalue weighted by Gasteiger charge is 2.34. The van der Waals surface area contributed by atoms with E-state index in [2.05, 4.69) is 23.6 Å². The largest absolute Gasteiger partial charge is 0.285 e. The fraction of sp³-hybridized carbons (Fsp3) is 0.0385. The van der Waals surface area contributed by atoms with Crippen LogP contribution in [-0.2, 0) is 4.79 Å². The van der Waals surface area contributed by atoms with Crippen LogP contribution >= 0.6 is 24.0 Å². The third-order valence-electron chi connectivity index (χ3n) is 5.41.